The Labute approximate surface area is 183 Å². The molecule has 32 heavy (non-hydrogen) atoms. The Morgan fingerprint density at radius 2 is 1.62 bits per heavy atom. The van der Waals surface area contributed by atoms with Crippen molar-refractivity contribution in [3.63, 3.8) is 0 Å². The lowest BCUT2D eigenvalue weighted by atomic mass is 9.98. The molecule has 6 nitrogen and oxygen atoms in total. The van der Waals surface area contributed by atoms with Crippen molar-refractivity contribution in [3.8, 4) is 11.5 Å². The lowest BCUT2D eigenvalue weighted by molar-refractivity contribution is -0.149. The van der Waals surface area contributed by atoms with Crippen LogP contribution in [0, 0.1) is 0 Å². The van der Waals surface area contributed by atoms with Crippen molar-refractivity contribution in [3.05, 3.63) is 65.2 Å². The van der Waals surface area contributed by atoms with Crippen LogP contribution in [0.15, 0.2) is 48.5 Å². The molecule has 0 aliphatic heterocycles. The zero-order chi connectivity index (χ0) is 23.7. The maximum absolute atomic E-state index is 12.8. The van der Waals surface area contributed by atoms with Gasteiger partial charge in [-0.2, -0.15) is 13.2 Å². The summed E-state index contributed by atoms with van der Waals surface area (Å²) in [4.78, 5) is 24.4. The van der Waals surface area contributed by atoms with E-state index in [1.807, 2.05) is 0 Å². The topological polar surface area (TPSA) is 71.1 Å². The lowest BCUT2D eigenvalue weighted by Gasteiger charge is -2.16. The molecular weight excluding hydrogens is 429 g/mol. The highest BCUT2D eigenvalue weighted by Crippen LogP contribution is 2.31. The summed E-state index contributed by atoms with van der Waals surface area (Å²) in [6, 6.07) is 9.09. The fourth-order valence-corrected chi connectivity index (χ4v) is 2.78. The third kappa shape index (κ3) is 6.76. The molecule has 0 fully saturated rings. The molecule has 172 valence electrons. The summed E-state index contributed by atoms with van der Waals surface area (Å²) in [5.41, 5.74) is 0.0381. The number of hydrogen-bond donors (Lipinski definition) is 0. The lowest BCUT2D eigenvalue weighted by Crippen LogP contribution is -2.22. The van der Waals surface area contributed by atoms with Crippen LogP contribution in [0.4, 0.5) is 13.2 Å². The molecule has 1 atom stereocenters. The third-order valence-corrected chi connectivity index (χ3v) is 4.42. The van der Waals surface area contributed by atoms with Gasteiger partial charge in [-0.15, -0.1) is 0 Å². The molecule has 0 aliphatic rings. The van der Waals surface area contributed by atoms with Crippen LogP contribution in [0.1, 0.15) is 29.5 Å². The second kappa shape index (κ2) is 11.2. The number of carbonyl (C=O) groups excluding carboxylic acids is 2. The minimum absolute atomic E-state index is 0.0725. The van der Waals surface area contributed by atoms with Gasteiger partial charge in [0.15, 0.2) is 11.5 Å². The summed E-state index contributed by atoms with van der Waals surface area (Å²) < 4.78 is 58.8. The summed E-state index contributed by atoms with van der Waals surface area (Å²) in [5.74, 6) is -1.49. The maximum Gasteiger partial charge on any atom is 0.416 e. The standard InChI is InChI=1S/C23H23F3O6/c1-4-31-22(28)18(16-7-9-17(10-8-16)23(24,25)26)14-32-21(27)12-6-15-5-11-19(29-2)20(13-15)30-3/h5-13,18H,4,14H2,1-3H3/b12-6+. The van der Waals surface area contributed by atoms with Crippen molar-refractivity contribution in [2.45, 2.75) is 19.0 Å². The van der Waals surface area contributed by atoms with Crippen LogP contribution in [0.2, 0.25) is 0 Å². The Hall–Kier alpha value is -3.49. The number of hydrogen-bond acceptors (Lipinski definition) is 6. The molecule has 0 amide bonds. The Morgan fingerprint density at radius 1 is 0.969 bits per heavy atom. The SMILES string of the molecule is CCOC(=O)C(COC(=O)/C=C/c1ccc(OC)c(OC)c1)c1ccc(C(F)(F)F)cc1. The van der Waals surface area contributed by atoms with E-state index in [0.29, 0.717) is 17.1 Å². The minimum atomic E-state index is -4.50. The van der Waals surface area contributed by atoms with E-state index in [1.165, 1.54) is 20.3 Å². The van der Waals surface area contributed by atoms with Gasteiger partial charge in [-0.3, -0.25) is 4.79 Å². The predicted molar refractivity (Wildman–Crippen MR) is 110 cm³/mol. The van der Waals surface area contributed by atoms with Crippen LogP contribution in [-0.4, -0.2) is 39.4 Å². The molecule has 2 aromatic rings. The first-order chi connectivity index (χ1) is 15.2. The largest absolute Gasteiger partial charge is 0.493 e. The molecule has 0 saturated carbocycles. The second-order valence-corrected chi connectivity index (χ2v) is 6.50. The van der Waals surface area contributed by atoms with Gasteiger partial charge in [0.25, 0.3) is 0 Å². The first-order valence-electron chi connectivity index (χ1n) is 9.60. The molecular formula is C23H23F3O6. The second-order valence-electron chi connectivity index (χ2n) is 6.50. The smallest absolute Gasteiger partial charge is 0.416 e. The summed E-state index contributed by atoms with van der Waals surface area (Å²) in [6.45, 7) is 1.28. The zero-order valence-electron chi connectivity index (χ0n) is 17.8. The summed E-state index contributed by atoms with van der Waals surface area (Å²) in [7, 11) is 2.98. The molecule has 0 aliphatic carbocycles. The first kappa shape index (κ1) is 24.8. The molecule has 0 heterocycles. The average molecular weight is 452 g/mol. The maximum atomic E-state index is 12.8. The van der Waals surface area contributed by atoms with Gasteiger partial charge in [0.05, 0.1) is 26.4 Å². The van der Waals surface area contributed by atoms with E-state index in [1.54, 1.807) is 25.1 Å². The third-order valence-electron chi connectivity index (χ3n) is 4.42. The molecule has 1 unspecified atom stereocenters. The highest BCUT2D eigenvalue weighted by molar-refractivity contribution is 5.87. The number of esters is 2. The first-order valence-corrected chi connectivity index (χ1v) is 9.60. The number of halogens is 3. The molecule has 2 rings (SSSR count). The van der Waals surface area contributed by atoms with Crippen LogP contribution < -0.4 is 9.47 Å². The molecule has 0 N–H and O–H groups in total. The highest BCUT2D eigenvalue weighted by Gasteiger charge is 2.31. The minimum Gasteiger partial charge on any atom is -0.493 e. The van der Waals surface area contributed by atoms with Gasteiger partial charge in [0, 0.05) is 6.08 Å². The van der Waals surface area contributed by atoms with Crippen LogP contribution in [0.25, 0.3) is 6.08 Å². The summed E-state index contributed by atoms with van der Waals surface area (Å²) >= 11 is 0. The number of rotatable bonds is 9. The number of alkyl halides is 3. The fourth-order valence-electron chi connectivity index (χ4n) is 2.78. The van der Waals surface area contributed by atoms with Crippen molar-refractivity contribution < 1.29 is 41.7 Å². The van der Waals surface area contributed by atoms with Gasteiger partial charge in [0.2, 0.25) is 0 Å². The predicted octanol–water partition coefficient (Wildman–Crippen LogP) is 4.63. The number of carbonyl (C=O) groups is 2. The molecule has 0 radical (unpaired) electrons. The van der Waals surface area contributed by atoms with E-state index in [2.05, 4.69) is 0 Å². The zero-order valence-corrected chi connectivity index (χ0v) is 17.8. The van der Waals surface area contributed by atoms with E-state index < -0.39 is 29.6 Å². The Morgan fingerprint density at radius 3 is 2.19 bits per heavy atom. The van der Waals surface area contributed by atoms with Crippen LogP contribution in [-0.2, 0) is 25.2 Å². The number of benzene rings is 2. The summed E-state index contributed by atoms with van der Waals surface area (Å²) in [6.07, 6.45) is -1.85. The van der Waals surface area contributed by atoms with E-state index in [0.717, 1.165) is 30.3 Å². The van der Waals surface area contributed by atoms with E-state index in [-0.39, 0.29) is 18.8 Å². The monoisotopic (exact) mass is 452 g/mol. The van der Waals surface area contributed by atoms with Gasteiger partial charge >= 0.3 is 18.1 Å². The molecule has 0 saturated heterocycles. The molecule has 2 aromatic carbocycles. The van der Waals surface area contributed by atoms with Gasteiger partial charge < -0.3 is 18.9 Å². The number of ether oxygens (including phenoxy) is 4. The molecule has 0 bridgehead atoms. The summed E-state index contributed by atoms with van der Waals surface area (Å²) in [5, 5.41) is 0. The normalized spacial score (nSPS) is 12.3. The Kier molecular flexibility index (Phi) is 8.69. The average Bonchev–Trinajstić information content (AvgIpc) is 2.77. The van der Waals surface area contributed by atoms with Gasteiger partial charge in [-0.25, -0.2) is 4.79 Å². The molecule has 9 heteroatoms. The highest BCUT2D eigenvalue weighted by atomic mass is 19.4. The van der Waals surface area contributed by atoms with Gasteiger partial charge in [-0.05, 0) is 48.4 Å². The van der Waals surface area contributed by atoms with Crippen molar-refractivity contribution in [1.29, 1.82) is 0 Å². The quantitative estimate of drug-likeness (QED) is 0.408. The number of methoxy groups -OCH3 is 2. The van der Waals surface area contributed by atoms with Gasteiger partial charge in [0.1, 0.15) is 12.5 Å². The van der Waals surface area contributed by atoms with Crippen molar-refractivity contribution in [1.82, 2.24) is 0 Å². The van der Waals surface area contributed by atoms with E-state index >= 15 is 0 Å². The molecule has 0 spiro atoms. The Bertz CT molecular complexity index is 951. The van der Waals surface area contributed by atoms with Crippen molar-refractivity contribution in [2.24, 2.45) is 0 Å². The van der Waals surface area contributed by atoms with E-state index in [4.69, 9.17) is 18.9 Å². The van der Waals surface area contributed by atoms with Gasteiger partial charge in [-0.1, -0.05) is 18.2 Å². The Balaban J connectivity index is 2.09. The van der Waals surface area contributed by atoms with Crippen LogP contribution >= 0.6 is 0 Å². The van der Waals surface area contributed by atoms with Crippen LogP contribution in [0.5, 0.6) is 11.5 Å². The van der Waals surface area contributed by atoms with Crippen molar-refractivity contribution >= 4 is 18.0 Å². The van der Waals surface area contributed by atoms with Crippen LogP contribution in [0.3, 0.4) is 0 Å². The fraction of sp³-hybridized carbons (Fsp3) is 0.304. The molecule has 0 aromatic heterocycles. The van der Waals surface area contributed by atoms with E-state index in [9.17, 15) is 22.8 Å². The van der Waals surface area contributed by atoms with Crippen molar-refractivity contribution in [2.75, 3.05) is 27.4 Å².